The normalized spacial score (nSPS) is 22.3. The third-order valence-corrected chi connectivity index (χ3v) is 8.19. The molecular formula is C30H39FN4O3. The Bertz CT molecular complexity index is 1370. The van der Waals surface area contributed by atoms with E-state index in [9.17, 15) is 14.0 Å². The van der Waals surface area contributed by atoms with Crippen molar-refractivity contribution in [1.82, 2.24) is 19.7 Å². The molecule has 204 valence electrons. The number of rotatable bonds is 4. The molecule has 4 heterocycles. The summed E-state index contributed by atoms with van der Waals surface area (Å²) in [5, 5.41) is 5.43. The minimum Gasteiger partial charge on any atom is -0.444 e. The van der Waals surface area contributed by atoms with Gasteiger partial charge in [-0.05, 0) is 89.5 Å². The molecule has 4 aliphatic rings. The summed E-state index contributed by atoms with van der Waals surface area (Å²) in [4.78, 5) is 29.8. The van der Waals surface area contributed by atoms with Crippen molar-refractivity contribution in [2.75, 3.05) is 20.1 Å². The number of amides is 2. The number of nitrogens with zero attached hydrogens (tertiary/aromatic N) is 3. The third kappa shape index (κ3) is 4.81. The van der Waals surface area contributed by atoms with E-state index in [1.807, 2.05) is 50.3 Å². The number of aromatic nitrogens is 1. The van der Waals surface area contributed by atoms with E-state index in [2.05, 4.69) is 17.6 Å². The number of carbonyl (C=O) groups is 2. The van der Waals surface area contributed by atoms with Crippen molar-refractivity contribution in [1.29, 1.82) is 0 Å². The fourth-order valence-corrected chi connectivity index (χ4v) is 6.09. The van der Waals surface area contributed by atoms with Crippen LogP contribution in [-0.2, 0) is 4.74 Å². The molecule has 1 aromatic carbocycles. The zero-order chi connectivity index (χ0) is 27.4. The highest BCUT2D eigenvalue weighted by molar-refractivity contribution is 5.98. The zero-order valence-electron chi connectivity index (χ0n) is 23.3. The molecule has 1 N–H and O–H groups in total. The Labute approximate surface area is 223 Å². The molecular weight excluding hydrogens is 483 g/mol. The van der Waals surface area contributed by atoms with Gasteiger partial charge < -0.3 is 24.4 Å². The number of fused-ring (bicyclic) bond motifs is 4. The van der Waals surface area contributed by atoms with Gasteiger partial charge in [-0.3, -0.25) is 4.79 Å². The Morgan fingerprint density at radius 3 is 2.63 bits per heavy atom. The van der Waals surface area contributed by atoms with Crippen LogP contribution in [0.1, 0.15) is 75.7 Å². The smallest absolute Gasteiger partial charge is 0.410 e. The van der Waals surface area contributed by atoms with Crippen LogP contribution in [0.15, 0.2) is 24.4 Å². The van der Waals surface area contributed by atoms with Gasteiger partial charge in [-0.2, -0.15) is 0 Å². The van der Waals surface area contributed by atoms with Crippen LogP contribution in [-0.4, -0.2) is 64.2 Å². The van der Waals surface area contributed by atoms with Gasteiger partial charge in [0.1, 0.15) is 11.4 Å². The lowest BCUT2D eigenvalue weighted by molar-refractivity contribution is -0.0180. The van der Waals surface area contributed by atoms with Gasteiger partial charge in [-0.1, -0.05) is 6.08 Å². The van der Waals surface area contributed by atoms with E-state index in [4.69, 9.17) is 4.74 Å². The molecule has 7 nitrogen and oxygen atoms in total. The van der Waals surface area contributed by atoms with Gasteiger partial charge >= 0.3 is 6.09 Å². The lowest BCUT2D eigenvalue weighted by Crippen LogP contribution is -2.55. The molecule has 1 saturated carbocycles. The number of piperidine rings is 2. The first-order chi connectivity index (χ1) is 17.9. The molecule has 0 radical (unpaired) electrons. The number of benzene rings is 1. The minimum absolute atomic E-state index is 0.0139. The van der Waals surface area contributed by atoms with E-state index in [0.717, 1.165) is 36.4 Å². The van der Waals surface area contributed by atoms with Gasteiger partial charge in [0.05, 0.1) is 16.6 Å². The average molecular weight is 523 g/mol. The van der Waals surface area contributed by atoms with Gasteiger partial charge in [-0.25, -0.2) is 9.18 Å². The first-order valence-corrected chi connectivity index (χ1v) is 13.7. The Kier molecular flexibility index (Phi) is 6.78. The van der Waals surface area contributed by atoms with Crippen molar-refractivity contribution in [2.45, 2.75) is 77.5 Å². The highest BCUT2D eigenvalue weighted by atomic mass is 19.1. The first kappa shape index (κ1) is 26.3. The molecule has 0 spiro atoms. The van der Waals surface area contributed by atoms with Gasteiger partial charge in [0.2, 0.25) is 0 Å². The van der Waals surface area contributed by atoms with Crippen molar-refractivity contribution in [3.05, 3.63) is 51.9 Å². The molecule has 3 fully saturated rings. The first-order valence-electron chi connectivity index (χ1n) is 13.7. The summed E-state index contributed by atoms with van der Waals surface area (Å²) in [6, 6.07) is 4.58. The van der Waals surface area contributed by atoms with Crippen LogP contribution in [0, 0.1) is 11.7 Å². The number of ether oxygens (including phenoxy) is 1. The van der Waals surface area contributed by atoms with E-state index in [1.54, 1.807) is 18.0 Å². The monoisotopic (exact) mass is 522 g/mol. The minimum atomic E-state index is -0.519. The van der Waals surface area contributed by atoms with Crippen LogP contribution in [0.4, 0.5) is 9.18 Å². The molecule has 3 unspecified atom stereocenters. The van der Waals surface area contributed by atoms with Crippen molar-refractivity contribution < 1.29 is 18.7 Å². The maximum absolute atomic E-state index is 14.4. The second kappa shape index (κ2) is 9.79. The fraction of sp³-hybridized carbons (Fsp3) is 0.533. The summed E-state index contributed by atoms with van der Waals surface area (Å²) in [6.07, 6.45) is 9.02. The van der Waals surface area contributed by atoms with Gasteiger partial charge in [0.25, 0.3) is 5.91 Å². The van der Waals surface area contributed by atoms with Crippen molar-refractivity contribution >= 4 is 24.3 Å². The van der Waals surface area contributed by atoms with Crippen LogP contribution in [0.2, 0.25) is 0 Å². The lowest BCUT2D eigenvalue weighted by atomic mass is 9.69. The Morgan fingerprint density at radius 2 is 1.97 bits per heavy atom. The van der Waals surface area contributed by atoms with Gasteiger partial charge in [0.15, 0.2) is 0 Å². The van der Waals surface area contributed by atoms with Crippen LogP contribution < -0.4 is 15.9 Å². The summed E-state index contributed by atoms with van der Waals surface area (Å²) in [6.45, 7) is 11.0. The maximum atomic E-state index is 14.4. The largest absolute Gasteiger partial charge is 0.444 e. The second-order valence-electron chi connectivity index (χ2n) is 12.1. The van der Waals surface area contributed by atoms with Gasteiger partial charge in [0, 0.05) is 49.8 Å². The Balaban J connectivity index is 1.53. The van der Waals surface area contributed by atoms with E-state index in [0.29, 0.717) is 29.6 Å². The molecule has 1 aliphatic carbocycles. The van der Waals surface area contributed by atoms with Crippen molar-refractivity contribution in [3.8, 4) is 5.69 Å². The summed E-state index contributed by atoms with van der Waals surface area (Å²) < 4.78 is 22.1. The summed E-state index contributed by atoms with van der Waals surface area (Å²) in [5.41, 5.74) is 1.72. The molecule has 2 amide bonds. The van der Waals surface area contributed by atoms with E-state index >= 15 is 0 Å². The topological polar surface area (TPSA) is 66.8 Å². The van der Waals surface area contributed by atoms with Crippen LogP contribution in [0.3, 0.4) is 0 Å². The van der Waals surface area contributed by atoms with Gasteiger partial charge in [-0.15, -0.1) is 0 Å². The highest BCUT2D eigenvalue weighted by Gasteiger charge is 2.44. The third-order valence-electron chi connectivity index (χ3n) is 8.19. The van der Waals surface area contributed by atoms with E-state index in [-0.39, 0.29) is 24.1 Å². The Morgan fingerprint density at radius 1 is 1.21 bits per heavy atom. The second-order valence-corrected chi connectivity index (χ2v) is 12.1. The van der Waals surface area contributed by atoms with E-state index in [1.165, 1.54) is 17.7 Å². The molecule has 2 bridgehead atoms. The van der Waals surface area contributed by atoms with E-state index < -0.39 is 11.4 Å². The number of halogens is 1. The average Bonchev–Trinajstić information content (AvgIpc) is 3.26. The summed E-state index contributed by atoms with van der Waals surface area (Å²) >= 11 is 0. The molecule has 8 heteroatoms. The summed E-state index contributed by atoms with van der Waals surface area (Å²) in [5.74, 6) is -0.0211. The van der Waals surface area contributed by atoms with Crippen LogP contribution >= 0.6 is 0 Å². The molecule has 6 rings (SSSR count). The number of hydrogen-bond donors (Lipinski definition) is 1. The highest BCUT2D eigenvalue weighted by Crippen LogP contribution is 2.44. The van der Waals surface area contributed by atoms with Crippen LogP contribution in [0.25, 0.3) is 18.0 Å². The standard InChI is InChI=1S/C30H39FN4O3/c1-18(2)33(6)28(36)24-13-20(31)8-10-26(24)35-17-25(22-11-12-32-15-27(22)35)23-14-21-9-7-19(23)16-34(21)29(37)38-30(3,4)5/h8,10-11,13,15,17-19,21,23,32H,7,9,12,14,16H2,1-6H3. The molecule has 2 aromatic rings. The van der Waals surface area contributed by atoms with Crippen molar-refractivity contribution in [2.24, 2.45) is 5.92 Å². The number of hydrogen-bond acceptors (Lipinski definition) is 4. The Hall–Kier alpha value is -3.29. The SMILES string of the molecule is CC(C)N(C)C(=O)c1cc(F)ccc1-n1cc(C2CC3CCC2CN3C(=O)OC(C)(C)C)c2c1=CNCC=2. The maximum Gasteiger partial charge on any atom is 0.410 e. The van der Waals surface area contributed by atoms with Crippen molar-refractivity contribution in [3.63, 3.8) is 0 Å². The molecule has 2 saturated heterocycles. The summed E-state index contributed by atoms with van der Waals surface area (Å²) in [7, 11) is 1.74. The fourth-order valence-electron chi connectivity index (χ4n) is 6.09. The molecule has 1 aromatic heterocycles. The lowest BCUT2D eigenvalue weighted by Gasteiger charge is -2.49. The molecule has 3 aliphatic heterocycles. The predicted molar refractivity (Wildman–Crippen MR) is 146 cm³/mol. The zero-order valence-corrected chi connectivity index (χ0v) is 23.3. The molecule has 3 atom stereocenters. The number of carbonyl (C=O) groups excluding carboxylic acids is 2. The predicted octanol–water partition coefficient (Wildman–Crippen LogP) is 3.72. The van der Waals surface area contributed by atoms with Crippen LogP contribution in [0.5, 0.6) is 0 Å². The molecule has 38 heavy (non-hydrogen) atoms. The quantitative estimate of drug-likeness (QED) is 0.665. The number of nitrogens with one attached hydrogen (secondary N) is 1.